The summed E-state index contributed by atoms with van der Waals surface area (Å²) in [6.45, 7) is 2.73. The molecule has 0 spiro atoms. The van der Waals surface area contributed by atoms with Crippen LogP contribution in [0.5, 0.6) is 5.75 Å². The van der Waals surface area contributed by atoms with Crippen molar-refractivity contribution in [3.8, 4) is 5.75 Å². The number of benzene rings is 2. The Morgan fingerprint density at radius 3 is 2.50 bits per heavy atom. The summed E-state index contributed by atoms with van der Waals surface area (Å²) in [7, 11) is 0. The zero-order valence-corrected chi connectivity index (χ0v) is 13.8. The maximum absolute atomic E-state index is 12.7. The summed E-state index contributed by atoms with van der Waals surface area (Å²) in [6, 6.07) is 19.1. The molecule has 2 atom stereocenters. The maximum atomic E-state index is 12.7. The molecule has 1 amide bonds. The van der Waals surface area contributed by atoms with Gasteiger partial charge in [-0.05, 0) is 44.0 Å². The number of rotatable bonds is 6. The van der Waals surface area contributed by atoms with Crippen LogP contribution in [0.2, 0.25) is 0 Å². The van der Waals surface area contributed by atoms with Crippen molar-refractivity contribution in [2.24, 2.45) is 5.92 Å². The monoisotopic (exact) mass is 324 g/mol. The fourth-order valence-corrected chi connectivity index (χ4v) is 2.97. The molecular weight excluding hydrogens is 300 g/mol. The predicted molar refractivity (Wildman–Crippen MR) is 94.9 cm³/mol. The Morgan fingerprint density at radius 1 is 1.12 bits per heavy atom. The van der Waals surface area contributed by atoms with Crippen molar-refractivity contribution < 1.29 is 9.53 Å². The summed E-state index contributed by atoms with van der Waals surface area (Å²) in [6.07, 6.45) is 1.69. The van der Waals surface area contributed by atoms with Crippen LogP contribution in [0.3, 0.4) is 0 Å². The summed E-state index contributed by atoms with van der Waals surface area (Å²) in [5.74, 6) is 1.10. The van der Waals surface area contributed by atoms with E-state index in [2.05, 4.69) is 10.6 Å². The lowest BCUT2D eigenvalue weighted by molar-refractivity contribution is -0.128. The Kier molecular flexibility index (Phi) is 5.85. The lowest BCUT2D eigenvalue weighted by Gasteiger charge is -2.24. The highest BCUT2D eigenvalue weighted by atomic mass is 16.5. The third-order valence-corrected chi connectivity index (χ3v) is 4.30. The molecule has 4 heteroatoms. The van der Waals surface area contributed by atoms with Crippen LogP contribution in [-0.2, 0) is 4.79 Å². The van der Waals surface area contributed by atoms with Crippen molar-refractivity contribution in [2.75, 3.05) is 19.6 Å². The third-order valence-electron chi connectivity index (χ3n) is 4.30. The van der Waals surface area contributed by atoms with Crippen LogP contribution in [0.15, 0.2) is 60.7 Å². The van der Waals surface area contributed by atoms with E-state index >= 15 is 0 Å². The zero-order chi connectivity index (χ0) is 16.6. The Hall–Kier alpha value is -2.33. The minimum absolute atomic E-state index is 0.0874. The van der Waals surface area contributed by atoms with Crippen LogP contribution in [0.1, 0.15) is 24.5 Å². The summed E-state index contributed by atoms with van der Waals surface area (Å²) >= 11 is 0. The van der Waals surface area contributed by atoms with E-state index in [1.54, 1.807) is 0 Å². The van der Waals surface area contributed by atoms with E-state index in [-0.39, 0.29) is 5.91 Å². The van der Waals surface area contributed by atoms with Crippen molar-refractivity contribution in [3.05, 3.63) is 66.2 Å². The molecule has 0 aromatic heterocycles. The standard InChI is InChI=1S/C20H24N2O2/c23-20(22-15-16-8-7-13-21-14-16)19(17-9-3-1-4-10-17)24-18-11-5-2-6-12-18/h1-6,9-12,16,19,21H,7-8,13-15H2,(H,22,23). The number of hydrogen-bond acceptors (Lipinski definition) is 3. The molecule has 0 aliphatic carbocycles. The van der Waals surface area contributed by atoms with Crippen molar-refractivity contribution >= 4 is 5.91 Å². The van der Waals surface area contributed by atoms with Gasteiger partial charge in [-0.3, -0.25) is 4.79 Å². The van der Waals surface area contributed by atoms with Crippen LogP contribution in [-0.4, -0.2) is 25.5 Å². The molecule has 0 bridgehead atoms. The molecule has 0 radical (unpaired) electrons. The first kappa shape index (κ1) is 16.5. The van der Waals surface area contributed by atoms with Gasteiger partial charge in [0.25, 0.3) is 5.91 Å². The molecule has 1 aliphatic rings. The first-order chi connectivity index (χ1) is 11.8. The van der Waals surface area contributed by atoms with Crippen molar-refractivity contribution in [2.45, 2.75) is 18.9 Å². The van der Waals surface area contributed by atoms with Crippen LogP contribution in [0.25, 0.3) is 0 Å². The van der Waals surface area contributed by atoms with E-state index in [4.69, 9.17) is 4.74 Å². The third kappa shape index (κ3) is 4.59. The number of nitrogens with one attached hydrogen (secondary N) is 2. The molecule has 24 heavy (non-hydrogen) atoms. The quantitative estimate of drug-likeness (QED) is 0.859. The van der Waals surface area contributed by atoms with E-state index in [1.165, 1.54) is 6.42 Å². The largest absolute Gasteiger partial charge is 0.476 e. The fourth-order valence-electron chi connectivity index (χ4n) is 2.97. The molecule has 1 heterocycles. The maximum Gasteiger partial charge on any atom is 0.265 e. The highest BCUT2D eigenvalue weighted by molar-refractivity contribution is 5.82. The average Bonchev–Trinajstić information content (AvgIpc) is 2.66. The molecule has 3 rings (SSSR count). The molecule has 1 saturated heterocycles. The highest BCUT2D eigenvalue weighted by Gasteiger charge is 2.23. The summed E-state index contributed by atoms with van der Waals surface area (Å²) in [4.78, 5) is 12.7. The molecule has 0 saturated carbocycles. The van der Waals surface area contributed by atoms with Gasteiger partial charge in [-0.25, -0.2) is 0 Å². The van der Waals surface area contributed by atoms with Crippen molar-refractivity contribution in [1.82, 2.24) is 10.6 Å². The van der Waals surface area contributed by atoms with Gasteiger partial charge in [-0.1, -0.05) is 48.5 Å². The van der Waals surface area contributed by atoms with E-state index in [0.29, 0.717) is 18.2 Å². The molecule has 4 nitrogen and oxygen atoms in total. The highest BCUT2D eigenvalue weighted by Crippen LogP contribution is 2.22. The van der Waals surface area contributed by atoms with Gasteiger partial charge < -0.3 is 15.4 Å². The number of para-hydroxylation sites is 1. The first-order valence-corrected chi connectivity index (χ1v) is 8.58. The van der Waals surface area contributed by atoms with E-state index in [9.17, 15) is 4.79 Å². The molecular formula is C20H24N2O2. The van der Waals surface area contributed by atoms with E-state index in [0.717, 1.165) is 25.1 Å². The Morgan fingerprint density at radius 2 is 1.83 bits per heavy atom. The summed E-state index contributed by atoms with van der Waals surface area (Å²) in [5, 5.41) is 6.44. The lowest BCUT2D eigenvalue weighted by Crippen LogP contribution is -2.40. The van der Waals surface area contributed by atoms with E-state index < -0.39 is 6.10 Å². The number of ether oxygens (including phenoxy) is 1. The number of amides is 1. The summed E-state index contributed by atoms with van der Waals surface area (Å²) in [5.41, 5.74) is 0.862. The van der Waals surface area contributed by atoms with Gasteiger partial charge in [-0.2, -0.15) is 0 Å². The first-order valence-electron chi connectivity index (χ1n) is 8.58. The van der Waals surface area contributed by atoms with Crippen molar-refractivity contribution in [3.63, 3.8) is 0 Å². The normalized spacial score (nSPS) is 18.6. The Labute approximate surface area is 143 Å². The fraction of sp³-hybridized carbons (Fsp3) is 0.350. The summed E-state index contributed by atoms with van der Waals surface area (Å²) < 4.78 is 5.97. The second-order valence-corrected chi connectivity index (χ2v) is 6.18. The zero-order valence-electron chi connectivity index (χ0n) is 13.8. The van der Waals surface area contributed by atoms with Gasteiger partial charge in [0.1, 0.15) is 5.75 Å². The van der Waals surface area contributed by atoms with Gasteiger partial charge in [0.05, 0.1) is 0 Å². The topological polar surface area (TPSA) is 50.4 Å². The molecule has 126 valence electrons. The van der Waals surface area contributed by atoms with Crippen LogP contribution in [0, 0.1) is 5.92 Å². The average molecular weight is 324 g/mol. The lowest BCUT2D eigenvalue weighted by atomic mass is 9.99. The van der Waals surface area contributed by atoms with Gasteiger partial charge in [0.2, 0.25) is 6.10 Å². The van der Waals surface area contributed by atoms with Crippen LogP contribution >= 0.6 is 0 Å². The van der Waals surface area contributed by atoms with Crippen molar-refractivity contribution in [1.29, 1.82) is 0 Å². The smallest absolute Gasteiger partial charge is 0.265 e. The number of hydrogen-bond donors (Lipinski definition) is 2. The molecule has 2 aromatic rings. The van der Waals surface area contributed by atoms with Crippen LogP contribution < -0.4 is 15.4 Å². The molecule has 2 aromatic carbocycles. The number of carbonyl (C=O) groups is 1. The van der Waals surface area contributed by atoms with Crippen LogP contribution in [0.4, 0.5) is 0 Å². The second kappa shape index (κ2) is 8.50. The van der Waals surface area contributed by atoms with Gasteiger partial charge in [-0.15, -0.1) is 0 Å². The Balaban J connectivity index is 1.67. The minimum atomic E-state index is -0.634. The molecule has 1 aliphatic heterocycles. The molecule has 2 unspecified atom stereocenters. The van der Waals surface area contributed by atoms with Gasteiger partial charge in [0.15, 0.2) is 0 Å². The number of piperidine rings is 1. The SMILES string of the molecule is O=C(NCC1CCCNC1)C(Oc1ccccc1)c1ccccc1. The molecule has 2 N–H and O–H groups in total. The number of carbonyl (C=O) groups excluding carboxylic acids is 1. The molecule has 1 fully saturated rings. The second-order valence-electron chi connectivity index (χ2n) is 6.18. The Bertz CT molecular complexity index is 625. The minimum Gasteiger partial charge on any atom is -0.476 e. The van der Waals surface area contributed by atoms with Gasteiger partial charge in [0, 0.05) is 12.1 Å². The van der Waals surface area contributed by atoms with E-state index in [1.807, 2.05) is 60.7 Å². The van der Waals surface area contributed by atoms with Gasteiger partial charge >= 0.3 is 0 Å². The predicted octanol–water partition coefficient (Wildman–Crippen LogP) is 2.92.